The standard InChI is InChI=1S/C23H21Cl2FN2O3S2/c1-15-5-8-17(9-6-15)33(30,31)28-22-10-7-16(13-20(22)25)23(29)27-11-12-32-14-18-19(24)3-2-4-21(18)26/h2-10,13,28H,11-12,14H2,1H3,(H,27,29). The molecule has 0 aliphatic heterocycles. The van der Waals surface area contributed by atoms with Gasteiger partial charge in [0.05, 0.1) is 15.6 Å². The Morgan fingerprint density at radius 2 is 1.76 bits per heavy atom. The maximum absolute atomic E-state index is 13.8. The molecule has 1 amide bonds. The van der Waals surface area contributed by atoms with Crippen molar-refractivity contribution >= 4 is 56.6 Å². The van der Waals surface area contributed by atoms with Crippen molar-refractivity contribution in [2.24, 2.45) is 0 Å². The molecule has 0 saturated carbocycles. The van der Waals surface area contributed by atoms with E-state index < -0.39 is 10.0 Å². The minimum absolute atomic E-state index is 0.0990. The van der Waals surface area contributed by atoms with Gasteiger partial charge in [-0.1, -0.05) is 47.0 Å². The number of carbonyl (C=O) groups excluding carboxylic acids is 1. The highest BCUT2D eigenvalue weighted by atomic mass is 35.5. The van der Waals surface area contributed by atoms with Gasteiger partial charge in [-0.2, -0.15) is 11.8 Å². The van der Waals surface area contributed by atoms with Crippen LogP contribution in [0.25, 0.3) is 0 Å². The second kappa shape index (κ2) is 11.2. The first-order valence-corrected chi connectivity index (χ1v) is 13.2. The maximum Gasteiger partial charge on any atom is 0.261 e. The fraction of sp³-hybridized carbons (Fsp3) is 0.174. The van der Waals surface area contributed by atoms with Crippen LogP contribution in [0.1, 0.15) is 21.5 Å². The third-order valence-electron chi connectivity index (χ3n) is 4.65. The summed E-state index contributed by atoms with van der Waals surface area (Å²) in [6.07, 6.45) is 0. The zero-order chi connectivity index (χ0) is 24.0. The van der Waals surface area contributed by atoms with Crippen LogP contribution in [0.3, 0.4) is 0 Å². The molecule has 0 radical (unpaired) electrons. The molecular formula is C23H21Cl2FN2O3S2. The van der Waals surface area contributed by atoms with Crippen LogP contribution in [0, 0.1) is 12.7 Å². The number of nitrogens with one attached hydrogen (secondary N) is 2. The van der Waals surface area contributed by atoms with E-state index in [0.29, 0.717) is 34.2 Å². The predicted octanol–water partition coefficient (Wildman–Crippen LogP) is 5.90. The number of carbonyl (C=O) groups is 1. The molecule has 0 aliphatic rings. The molecule has 2 N–H and O–H groups in total. The highest BCUT2D eigenvalue weighted by Gasteiger charge is 2.17. The van der Waals surface area contributed by atoms with Gasteiger partial charge in [0.1, 0.15) is 5.82 Å². The van der Waals surface area contributed by atoms with Crippen molar-refractivity contribution in [3.8, 4) is 0 Å². The monoisotopic (exact) mass is 526 g/mol. The maximum atomic E-state index is 13.8. The van der Waals surface area contributed by atoms with Crippen molar-refractivity contribution in [3.05, 3.63) is 93.2 Å². The molecule has 0 saturated heterocycles. The molecule has 3 rings (SSSR count). The van der Waals surface area contributed by atoms with Crippen LogP contribution in [0.5, 0.6) is 0 Å². The third-order valence-corrected chi connectivity index (χ3v) is 7.68. The molecular weight excluding hydrogens is 506 g/mol. The van der Waals surface area contributed by atoms with Crippen LogP contribution in [-0.4, -0.2) is 26.6 Å². The summed E-state index contributed by atoms with van der Waals surface area (Å²) in [6.45, 7) is 2.22. The van der Waals surface area contributed by atoms with Crippen molar-refractivity contribution in [1.29, 1.82) is 0 Å². The molecule has 0 heterocycles. The van der Waals surface area contributed by atoms with Crippen LogP contribution >= 0.6 is 35.0 Å². The molecule has 0 aromatic heterocycles. The second-order valence-electron chi connectivity index (χ2n) is 7.12. The van der Waals surface area contributed by atoms with Crippen LogP contribution in [0.4, 0.5) is 10.1 Å². The molecule has 0 unspecified atom stereocenters. The molecule has 0 spiro atoms. The summed E-state index contributed by atoms with van der Waals surface area (Å²) in [5.41, 5.74) is 1.84. The van der Waals surface area contributed by atoms with E-state index in [0.717, 1.165) is 5.56 Å². The molecule has 3 aromatic carbocycles. The van der Waals surface area contributed by atoms with E-state index in [1.165, 1.54) is 48.2 Å². The Morgan fingerprint density at radius 3 is 2.42 bits per heavy atom. The molecule has 174 valence electrons. The van der Waals surface area contributed by atoms with E-state index in [9.17, 15) is 17.6 Å². The minimum atomic E-state index is -3.81. The van der Waals surface area contributed by atoms with Crippen LogP contribution in [-0.2, 0) is 15.8 Å². The van der Waals surface area contributed by atoms with Gasteiger partial charge < -0.3 is 5.32 Å². The normalized spacial score (nSPS) is 11.3. The molecule has 0 aliphatic carbocycles. The van der Waals surface area contributed by atoms with Gasteiger partial charge in [0, 0.05) is 34.2 Å². The van der Waals surface area contributed by atoms with Crippen molar-refractivity contribution in [3.63, 3.8) is 0 Å². The quantitative estimate of drug-likeness (QED) is 0.340. The lowest BCUT2D eigenvalue weighted by atomic mass is 10.2. The number of benzene rings is 3. The van der Waals surface area contributed by atoms with Crippen LogP contribution in [0.15, 0.2) is 65.6 Å². The highest BCUT2D eigenvalue weighted by Crippen LogP contribution is 2.26. The smallest absolute Gasteiger partial charge is 0.261 e. The first kappa shape index (κ1) is 25.4. The predicted molar refractivity (Wildman–Crippen MR) is 133 cm³/mol. The van der Waals surface area contributed by atoms with Crippen molar-refractivity contribution in [2.45, 2.75) is 17.6 Å². The van der Waals surface area contributed by atoms with Gasteiger partial charge in [-0.05, 0) is 49.4 Å². The Bertz CT molecular complexity index is 1230. The van der Waals surface area contributed by atoms with E-state index in [-0.39, 0.29) is 27.3 Å². The first-order valence-electron chi connectivity index (χ1n) is 9.85. The van der Waals surface area contributed by atoms with Gasteiger partial charge in [0.15, 0.2) is 0 Å². The van der Waals surface area contributed by atoms with Crippen molar-refractivity contribution in [1.82, 2.24) is 5.32 Å². The summed E-state index contributed by atoms with van der Waals surface area (Å²) < 4.78 is 41.3. The number of aryl methyl sites for hydroxylation is 1. The summed E-state index contributed by atoms with van der Waals surface area (Å²) in [5.74, 6) is 0.239. The molecule has 0 fully saturated rings. The SMILES string of the molecule is Cc1ccc(S(=O)(=O)Nc2ccc(C(=O)NCCSCc3c(F)cccc3Cl)cc2Cl)cc1. The number of hydrogen-bond acceptors (Lipinski definition) is 4. The van der Waals surface area contributed by atoms with Gasteiger partial charge in [0.25, 0.3) is 15.9 Å². The van der Waals surface area contributed by atoms with E-state index in [4.69, 9.17) is 23.2 Å². The summed E-state index contributed by atoms with van der Waals surface area (Å²) in [4.78, 5) is 12.5. The molecule has 0 bridgehead atoms. The topological polar surface area (TPSA) is 75.3 Å². The average molecular weight is 527 g/mol. The molecule has 33 heavy (non-hydrogen) atoms. The first-order chi connectivity index (χ1) is 15.7. The van der Waals surface area contributed by atoms with Gasteiger partial charge in [-0.15, -0.1) is 0 Å². The Hall–Kier alpha value is -2.26. The van der Waals surface area contributed by atoms with Crippen LogP contribution < -0.4 is 10.0 Å². The number of halogens is 3. The molecule has 5 nitrogen and oxygen atoms in total. The van der Waals surface area contributed by atoms with E-state index in [2.05, 4.69) is 10.0 Å². The van der Waals surface area contributed by atoms with E-state index in [1.54, 1.807) is 24.3 Å². The van der Waals surface area contributed by atoms with Crippen molar-refractivity contribution in [2.75, 3.05) is 17.0 Å². The lowest BCUT2D eigenvalue weighted by Crippen LogP contribution is -2.25. The highest BCUT2D eigenvalue weighted by molar-refractivity contribution is 7.98. The van der Waals surface area contributed by atoms with E-state index >= 15 is 0 Å². The van der Waals surface area contributed by atoms with Crippen molar-refractivity contribution < 1.29 is 17.6 Å². The number of anilines is 1. The summed E-state index contributed by atoms with van der Waals surface area (Å²) in [7, 11) is -3.81. The summed E-state index contributed by atoms with van der Waals surface area (Å²) >= 11 is 13.7. The summed E-state index contributed by atoms with van der Waals surface area (Å²) in [6, 6.07) is 15.3. The summed E-state index contributed by atoms with van der Waals surface area (Å²) in [5, 5.41) is 3.23. The lowest BCUT2D eigenvalue weighted by molar-refractivity contribution is 0.0956. The molecule has 0 atom stereocenters. The second-order valence-corrected chi connectivity index (χ2v) is 10.7. The fourth-order valence-corrected chi connectivity index (χ4v) is 5.40. The zero-order valence-electron chi connectivity index (χ0n) is 17.6. The van der Waals surface area contributed by atoms with Gasteiger partial charge in [0.2, 0.25) is 0 Å². The fourth-order valence-electron chi connectivity index (χ4n) is 2.84. The lowest BCUT2D eigenvalue weighted by Gasteiger charge is -2.11. The molecule has 3 aromatic rings. The Balaban J connectivity index is 1.53. The number of hydrogen-bond donors (Lipinski definition) is 2. The number of thioether (sulfide) groups is 1. The zero-order valence-corrected chi connectivity index (χ0v) is 20.7. The number of amides is 1. The third kappa shape index (κ3) is 6.86. The van der Waals surface area contributed by atoms with Gasteiger partial charge in [-0.3, -0.25) is 9.52 Å². The van der Waals surface area contributed by atoms with Crippen LogP contribution in [0.2, 0.25) is 10.0 Å². The number of sulfonamides is 1. The van der Waals surface area contributed by atoms with Gasteiger partial charge >= 0.3 is 0 Å². The van der Waals surface area contributed by atoms with Gasteiger partial charge in [-0.25, -0.2) is 12.8 Å². The largest absolute Gasteiger partial charge is 0.351 e. The Kier molecular flexibility index (Phi) is 8.64. The Labute approximate surface area is 206 Å². The minimum Gasteiger partial charge on any atom is -0.351 e. The van der Waals surface area contributed by atoms with E-state index in [1.807, 2.05) is 6.92 Å². The Morgan fingerprint density at radius 1 is 1.03 bits per heavy atom. The molecule has 10 heteroatoms. The number of rotatable bonds is 9. The average Bonchev–Trinajstić information content (AvgIpc) is 2.76.